The zero-order valence-electron chi connectivity index (χ0n) is 19.6. The van der Waals surface area contributed by atoms with Crippen LogP contribution in [0.4, 0.5) is 8.78 Å². The van der Waals surface area contributed by atoms with Crippen molar-refractivity contribution < 1.29 is 33.3 Å². The number of carbonyl (C=O) groups is 2. The van der Waals surface area contributed by atoms with Crippen LogP contribution in [-0.2, 0) is 33.1 Å². The largest absolute Gasteiger partial charge is 0.458 e. The van der Waals surface area contributed by atoms with Crippen LogP contribution in [0.2, 0.25) is 0 Å². The molecule has 37 heavy (non-hydrogen) atoms. The second-order valence-corrected chi connectivity index (χ2v) is 10.4. The molecule has 5 heterocycles. The Morgan fingerprint density at radius 2 is 2.14 bits per heavy atom. The highest BCUT2D eigenvalue weighted by atomic mass is 32.2. The van der Waals surface area contributed by atoms with E-state index in [1.807, 2.05) is 0 Å². The van der Waals surface area contributed by atoms with Gasteiger partial charge >= 0.3 is 5.97 Å². The third-order valence-electron chi connectivity index (χ3n) is 7.33. The van der Waals surface area contributed by atoms with Crippen LogP contribution >= 0.6 is 11.8 Å². The van der Waals surface area contributed by atoms with Gasteiger partial charge in [-0.1, -0.05) is 0 Å². The van der Waals surface area contributed by atoms with Crippen LogP contribution in [-0.4, -0.2) is 50.7 Å². The predicted octanol–water partition coefficient (Wildman–Crippen LogP) is 1.73. The number of fused-ring (bicyclic) bond motifs is 5. The molecule has 3 N–H and O–H groups in total. The monoisotopic (exact) mass is 529 g/mol. The molecule has 1 aromatic carbocycles. The number of thioether (sulfide) groups is 1. The molecule has 9 nitrogen and oxygen atoms in total. The van der Waals surface area contributed by atoms with E-state index in [-0.39, 0.29) is 30.0 Å². The van der Waals surface area contributed by atoms with Gasteiger partial charge in [-0.25, -0.2) is 14.2 Å². The summed E-state index contributed by atoms with van der Waals surface area (Å²) in [5.41, 5.74) is -0.126. The fourth-order valence-electron chi connectivity index (χ4n) is 5.52. The van der Waals surface area contributed by atoms with Crippen molar-refractivity contribution in [3.05, 3.63) is 56.1 Å². The number of halogens is 2. The fraction of sp³-hybridized carbons (Fsp3) is 0.360. The number of hydrogen-bond acceptors (Lipinski definition) is 8. The number of aromatic nitrogens is 2. The SMILES string of the molecule is Cc1c(F)cc2nc3c(c4c2c1SC[C@H]4NC(=O)CO)Cn1c-3cc2c(c1=O)COC(=O)[C@]2(O)CCF. The Morgan fingerprint density at radius 3 is 2.86 bits per heavy atom. The number of rotatable bonds is 4. The van der Waals surface area contributed by atoms with Crippen molar-refractivity contribution in [1.29, 1.82) is 0 Å². The first-order valence-corrected chi connectivity index (χ1v) is 12.6. The van der Waals surface area contributed by atoms with Crippen molar-refractivity contribution in [1.82, 2.24) is 14.9 Å². The molecule has 0 radical (unpaired) electrons. The number of hydrogen-bond donors (Lipinski definition) is 3. The molecule has 0 spiro atoms. The fourth-order valence-corrected chi connectivity index (χ4v) is 6.77. The summed E-state index contributed by atoms with van der Waals surface area (Å²) in [5.74, 6) is -1.70. The zero-order chi connectivity index (χ0) is 26.2. The maximum atomic E-state index is 14.8. The summed E-state index contributed by atoms with van der Waals surface area (Å²) in [6.45, 7) is -0.340. The summed E-state index contributed by atoms with van der Waals surface area (Å²) in [7, 11) is 0. The summed E-state index contributed by atoms with van der Waals surface area (Å²) in [6, 6.07) is 2.20. The summed E-state index contributed by atoms with van der Waals surface area (Å²) < 4.78 is 34.6. The number of ether oxygens (including phenoxy) is 1. The molecule has 0 saturated heterocycles. The number of benzene rings is 1. The Bertz CT molecular complexity index is 1610. The molecular weight excluding hydrogens is 508 g/mol. The first kappa shape index (κ1) is 24.0. The van der Waals surface area contributed by atoms with Crippen molar-refractivity contribution in [2.75, 3.05) is 19.0 Å². The number of carbonyl (C=O) groups excluding carboxylic acids is 2. The van der Waals surface area contributed by atoms with E-state index in [0.29, 0.717) is 43.9 Å². The molecule has 192 valence electrons. The maximum Gasteiger partial charge on any atom is 0.343 e. The van der Waals surface area contributed by atoms with Gasteiger partial charge in [0.1, 0.15) is 19.0 Å². The number of amides is 1. The second-order valence-electron chi connectivity index (χ2n) is 9.34. The minimum absolute atomic E-state index is 0.0301. The highest BCUT2D eigenvalue weighted by Gasteiger charge is 2.47. The quantitative estimate of drug-likeness (QED) is 0.341. The van der Waals surface area contributed by atoms with Gasteiger partial charge in [0.05, 0.1) is 41.7 Å². The van der Waals surface area contributed by atoms with Gasteiger partial charge in [-0.05, 0) is 24.1 Å². The van der Waals surface area contributed by atoms with Gasteiger partial charge in [-0.3, -0.25) is 14.0 Å². The van der Waals surface area contributed by atoms with Crippen LogP contribution in [0, 0.1) is 12.7 Å². The van der Waals surface area contributed by atoms with E-state index in [0.717, 1.165) is 0 Å². The number of nitrogens with zero attached hydrogens (tertiary/aromatic N) is 2. The molecule has 1 amide bonds. The zero-order valence-corrected chi connectivity index (χ0v) is 20.4. The Kier molecular flexibility index (Phi) is 5.41. The molecule has 3 aliphatic rings. The van der Waals surface area contributed by atoms with Gasteiger partial charge in [-0.15, -0.1) is 11.8 Å². The molecule has 0 aliphatic carbocycles. The van der Waals surface area contributed by atoms with Crippen LogP contribution < -0.4 is 10.9 Å². The van der Waals surface area contributed by atoms with Crippen molar-refractivity contribution >= 4 is 34.5 Å². The highest BCUT2D eigenvalue weighted by molar-refractivity contribution is 7.99. The molecule has 6 rings (SSSR count). The molecule has 0 fully saturated rings. The smallest absolute Gasteiger partial charge is 0.343 e. The number of aliphatic hydroxyl groups is 2. The standard InChI is InChI=1S/C25H21F2N3O6S/c1-10-14(27)5-15-20-19(16(9-37-22(10)20)28-18(32)7-31)11-6-30-17(21(11)29-15)4-13-12(23(30)33)8-36-24(34)25(13,35)2-3-26/h4-5,16,31,35H,2-3,6-9H2,1H3,(H,28,32)/t16-,25+/m1/s1. The van der Waals surface area contributed by atoms with Crippen LogP contribution in [0.1, 0.15) is 40.3 Å². The average molecular weight is 530 g/mol. The van der Waals surface area contributed by atoms with E-state index >= 15 is 0 Å². The Balaban J connectivity index is 1.65. The van der Waals surface area contributed by atoms with E-state index in [1.165, 1.54) is 28.5 Å². The van der Waals surface area contributed by atoms with E-state index in [2.05, 4.69) is 5.32 Å². The third-order valence-corrected chi connectivity index (χ3v) is 8.62. The van der Waals surface area contributed by atoms with E-state index < -0.39 is 54.6 Å². The summed E-state index contributed by atoms with van der Waals surface area (Å²) in [4.78, 5) is 43.5. The lowest BCUT2D eigenvalue weighted by Crippen LogP contribution is -2.45. The molecule has 0 bridgehead atoms. The van der Waals surface area contributed by atoms with Gasteiger partial charge in [0, 0.05) is 39.6 Å². The maximum absolute atomic E-state index is 14.8. The normalized spacial score (nSPS) is 21.3. The molecule has 2 atom stereocenters. The number of pyridine rings is 2. The number of nitrogens with one attached hydrogen (secondary N) is 1. The van der Waals surface area contributed by atoms with E-state index in [1.54, 1.807) is 6.92 Å². The number of cyclic esters (lactones) is 1. The molecule has 3 aromatic rings. The minimum atomic E-state index is -2.32. The van der Waals surface area contributed by atoms with Gasteiger partial charge in [0.2, 0.25) is 5.91 Å². The lowest BCUT2D eigenvalue weighted by atomic mass is 9.85. The Morgan fingerprint density at radius 1 is 1.35 bits per heavy atom. The predicted molar refractivity (Wildman–Crippen MR) is 128 cm³/mol. The van der Waals surface area contributed by atoms with Crippen LogP contribution in [0.5, 0.6) is 0 Å². The van der Waals surface area contributed by atoms with Gasteiger partial charge in [-0.2, -0.15) is 0 Å². The van der Waals surface area contributed by atoms with E-state index in [9.17, 15) is 33.4 Å². The topological polar surface area (TPSA) is 131 Å². The lowest BCUT2D eigenvalue weighted by molar-refractivity contribution is -0.173. The molecule has 0 saturated carbocycles. The summed E-state index contributed by atoms with van der Waals surface area (Å²) in [5, 5.41) is 23.8. The van der Waals surface area contributed by atoms with Gasteiger partial charge < -0.3 is 24.8 Å². The summed E-state index contributed by atoms with van der Waals surface area (Å²) >= 11 is 1.37. The van der Waals surface area contributed by atoms with Crippen molar-refractivity contribution in [3.63, 3.8) is 0 Å². The van der Waals surface area contributed by atoms with Crippen molar-refractivity contribution in [2.45, 2.75) is 43.0 Å². The molecule has 3 aliphatic heterocycles. The first-order valence-electron chi connectivity index (χ1n) is 11.6. The molecular formula is C25H21F2N3O6S. The highest BCUT2D eigenvalue weighted by Crippen LogP contribution is 2.48. The molecule has 2 aromatic heterocycles. The summed E-state index contributed by atoms with van der Waals surface area (Å²) in [6.07, 6.45) is -0.578. The second kappa shape index (κ2) is 8.33. The van der Waals surface area contributed by atoms with Crippen molar-refractivity contribution in [2.24, 2.45) is 0 Å². The van der Waals surface area contributed by atoms with Crippen LogP contribution in [0.3, 0.4) is 0 Å². The van der Waals surface area contributed by atoms with Crippen LogP contribution in [0.25, 0.3) is 22.3 Å². The average Bonchev–Trinajstić information content (AvgIpc) is 3.24. The number of alkyl halides is 1. The van der Waals surface area contributed by atoms with Crippen LogP contribution in [0.15, 0.2) is 21.8 Å². The number of aliphatic hydroxyl groups excluding tert-OH is 1. The number of esters is 1. The van der Waals surface area contributed by atoms with Crippen molar-refractivity contribution in [3.8, 4) is 11.4 Å². The minimum Gasteiger partial charge on any atom is -0.458 e. The van der Waals surface area contributed by atoms with Gasteiger partial charge in [0.15, 0.2) is 5.60 Å². The Hall–Kier alpha value is -3.35. The first-order chi connectivity index (χ1) is 17.7. The Labute approximate surface area is 212 Å². The third kappa shape index (κ3) is 3.28. The van der Waals surface area contributed by atoms with Gasteiger partial charge in [0.25, 0.3) is 5.56 Å². The molecule has 12 heteroatoms. The molecule has 0 unspecified atom stereocenters. The van der Waals surface area contributed by atoms with E-state index in [4.69, 9.17) is 9.72 Å². The lowest BCUT2D eigenvalue weighted by Gasteiger charge is -2.32.